The number of ether oxygens (including phenoxy) is 1. The van der Waals surface area contributed by atoms with Crippen molar-refractivity contribution in [3.05, 3.63) is 0 Å². The molecule has 0 saturated carbocycles. The van der Waals surface area contributed by atoms with Crippen molar-refractivity contribution in [3.63, 3.8) is 0 Å². The number of hydrogen-bond acceptors (Lipinski definition) is 3. The Morgan fingerprint density at radius 2 is 1.93 bits per heavy atom. The number of rotatable bonds is 6. The molecule has 0 aromatic rings. The van der Waals surface area contributed by atoms with E-state index in [2.05, 4.69) is 37.5 Å². The van der Waals surface area contributed by atoms with Crippen LogP contribution >= 0.6 is 0 Å². The van der Waals surface area contributed by atoms with Crippen LogP contribution in [0.25, 0.3) is 0 Å². The third-order valence-electron chi connectivity index (χ3n) is 2.46. The van der Waals surface area contributed by atoms with E-state index in [9.17, 15) is 4.79 Å². The highest BCUT2D eigenvalue weighted by Crippen LogP contribution is 2.09. The van der Waals surface area contributed by atoms with Gasteiger partial charge in [-0.2, -0.15) is 0 Å². The fraction of sp³-hybridized carbons (Fsp3) is 0.909. The van der Waals surface area contributed by atoms with E-state index in [1.54, 1.807) is 0 Å². The van der Waals surface area contributed by atoms with Gasteiger partial charge in [0.25, 0.3) is 0 Å². The minimum atomic E-state index is -0.131. The lowest BCUT2D eigenvalue weighted by Gasteiger charge is -2.25. The fourth-order valence-corrected chi connectivity index (χ4v) is 1.45. The lowest BCUT2D eigenvalue weighted by Crippen LogP contribution is -2.32. The number of carbonyl (C=O) groups is 1. The maximum atomic E-state index is 10.9. The van der Waals surface area contributed by atoms with Crippen molar-refractivity contribution in [1.82, 2.24) is 4.90 Å². The van der Waals surface area contributed by atoms with E-state index < -0.39 is 0 Å². The molecule has 0 fully saturated rings. The lowest BCUT2D eigenvalue weighted by atomic mass is 10.0. The highest BCUT2D eigenvalue weighted by molar-refractivity contribution is 5.69. The first-order valence-electron chi connectivity index (χ1n) is 5.24. The van der Waals surface area contributed by atoms with E-state index in [1.165, 1.54) is 7.11 Å². The second-order valence-corrected chi connectivity index (χ2v) is 4.29. The summed E-state index contributed by atoms with van der Waals surface area (Å²) in [5.41, 5.74) is 0. The molecule has 0 radical (unpaired) electrons. The molecule has 0 N–H and O–H groups in total. The molecule has 1 atom stereocenters. The van der Waals surface area contributed by atoms with Crippen LogP contribution in [0.2, 0.25) is 0 Å². The van der Waals surface area contributed by atoms with E-state index in [4.69, 9.17) is 0 Å². The molecular weight excluding hydrogens is 178 g/mol. The smallest absolute Gasteiger partial charge is 0.306 e. The highest BCUT2D eigenvalue weighted by atomic mass is 16.5. The molecule has 3 nitrogen and oxygen atoms in total. The average Bonchev–Trinajstić information content (AvgIpc) is 2.12. The molecule has 14 heavy (non-hydrogen) atoms. The fourth-order valence-electron chi connectivity index (χ4n) is 1.45. The van der Waals surface area contributed by atoms with Crippen molar-refractivity contribution < 1.29 is 9.53 Å². The van der Waals surface area contributed by atoms with Crippen LogP contribution in [0.1, 0.15) is 33.6 Å². The summed E-state index contributed by atoms with van der Waals surface area (Å²) >= 11 is 0. The molecular formula is C11H23NO2. The first kappa shape index (κ1) is 13.4. The average molecular weight is 201 g/mol. The maximum absolute atomic E-state index is 10.9. The van der Waals surface area contributed by atoms with Crippen molar-refractivity contribution in [1.29, 1.82) is 0 Å². The highest BCUT2D eigenvalue weighted by Gasteiger charge is 2.12. The molecule has 0 bridgehead atoms. The van der Waals surface area contributed by atoms with Crippen molar-refractivity contribution in [3.8, 4) is 0 Å². The van der Waals surface area contributed by atoms with Gasteiger partial charge in [-0.25, -0.2) is 0 Å². The Kier molecular flexibility index (Phi) is 6.54. The molecule has 0 aromatic heterocycles. The molecule has 0 amide bonds. The second kappa shape index (κ2) is 6.82. The van der Waals surface area contributed by atoms with Crippen LogP contribution in [0.3, 0.4) is 0 Å². The Bertz CT molecular complexity index is 169. The minimum absolute atomic E-state index is 0.131. The molecule has 0 aliphatic heterocycles. The Hall–Kier alpha value is -0.570. The Morgan fingerprint density at radius 3 is 2.36 bits per heavy atom. The van der Waals surface area contributed by atoms with E-state index in [0.29, 0.717) is 18.4 Å². The summed E-state index contributed by atoms with van der Waals surface area (Å²) in [5.74, 6) is 0.569. The van der Waals surface area contributed by atoms with E-state index >= 15 is 0 Å². The van der Waals surface area contributed by atoms with Crippen molar-refractivity contribution in [2.24, 2.45) is 5.92 Å². The zero-order valence-electron chi connectivity index (χ0n) is 10.0. The van der Waals surface area contributed by atoms with Gasteiger partial charge in [0.2, 0.25) is 0 Å². The Labute approximate surface area is 87.4 Å². The third-order valence-corrected chi connectivity index (χ3v) is 2.46. The summed E-state index contributed by atoms with van der Waals surface area (Å²) in [6, 6.07) is 0.527. The summed E-state index contributed by atoms with van der Waals surface area (Å²) < 4.78 is 4.60. The first-order chi connectivity index (χ1) is 6.47. The second-order valence-electron chi connectivity index (χ2n) is 4.29. The van der Waals surface area contributed by atoms with Gasteiger partial charge in [-0.05, 0) is 26.3 Å². The van der Waals surface area contributed by atoms with Gasteiger partial charge in [-0.15, -0.1) is 0 Å². The zero-order valence-corrected chi connectivity index (χ0v) is 10.0. The molecule has 0 saturated heterocycles. The van der Waals surface area contributed by atoms with E-state index in [1.807, 2.05) is 0 Å². The van der Waals surface area contributed by atoms with Crippen molar-refractivity contribution in [2.75, 3.05) is 20.7 Å². The van der Waals surface area contributed by atoms with Crippen LogP contribution in [0.5, 0.6) is 0 Å². The number of hydrogen-bond donors (Lipinski definition) is 0. The predicted molar refractivity (Wildman–Crippen MR) is 58.2 cm³/mol. The van der Waals surface area contributed by atoms with Crippen LogP contribution < -0.4 is 0 Å². The molecule has 3 heteroatoms. The Balaban J connectivity index is 3.72. The monoisotopic (exact) mass is 201 g/mol. The van der Waals surface area contributed by atoms with Crippen LogP contribution in [-0.2, 0) is 9.53 Å². The normalized spacial score (nSPS) is 13.4. The summed E-state index contributed by atoms with van der Waals surface area (Å²) in [4.78, 5) is 13.1. The van der Waals surface area contributed by atoms with Crippen LogP contribution in [0.4, 0.5) is 0 Å². The van der Waals surface area contributed by atoms with Gasteiger partial charge < -0.3 is 9.64 Å². The van der Waals surface area contributed by atoms with Gasteiger partial charge in [0, 0.05) is 12.6 Å². The van der Waals surface area contributed by atoms with Gasteiger partial charge in [-0.1, -0.05) is 13.8 Å². The van der Waals surface area contributed by atoms with Crippen LogP contribution in [0.15, 0.2) is 0 Å². The van der Waals surface area contributed by atoms with Gasteiger partial charge in [0.05, 0.1) is 13.5 Å². The summed E-state index contributed by atoms with van der Waals surface area (Å²) in [6.07, 6.45) is 1.65. The summed E-state index contributed by atoms with van der Waals surface area (Å²) in [6.45, 7) is 7.40. The molecule has 1 unspecified atom stereocenters. The predicted octanol–water partition coefficient (Wildman–Crippen LogP) is 1.92. The first-order valence-corrected chi connectivity index (χ1v) is 5.24. The zero-order chi connectivity index (χ0) is 11.1. The van der Waals surface area contributed by atoms with Gasteiger partial charge >= 0.3 is 5.97 Å². The van der Waals surface area contributed by atoms with Crippen LogP contribution in [0, 0.1) is 5.92 Å². The van der Waals surface area contributed by atoms with Gasteiger partial charge in [0.1, 0.15) is 0 Å². The minimum Gasteiger partial charge on any atom is -0.469 e. The number of esters is 1. The van der Waals surface area contributed by atoms with E-state index in [0.717, 1.165) is 13.0 Å². The quantitative estimate of drug-likeness (QED) is 0.615. The molecule has 0 aromatic carbocycles. The van der Waals surface area contributed by atoms with Gasteiger partial charge in [0.15, 0.2) is 0 Å². The maximum Gasteiger partial charge on any atom is 0.306 e. The lowest BCUT2D eigenvalue weighted by molar-refractivity contribution is -0.141. The van der Waals surface area contributed by atoms with Crippen molar-refractivity contribution >= 4 is 5.97 Å². The number of nitrogens with zero attached hydrogens (tertiary/aromatic N) is 1. The largest absolute Gasteiger partial charge is 0.469 e. The molecule has 84 valence electrons. The molecule has 0 aliphatic carbocycles. The SMILES string of the molecule is COC(=O)CCN(C)C(C)CC(C)C. The Morgan fingerprint density at radius 1 is 1.36 bits per heavy atom. The number of methoxy groups -OCH3 is 1. The van der Waals surface area contributed by atoms with Crippen LogP contribution in [-0.4, -0.2) is 37.6 Å². The molecule has 0 rings (SSSR count). The molecule has 0 aliphatic rings. The molecule has 0 heterocycles. The number of carbonyl (C=O) groups excluding carboxylic acids is 1. The van der Waals surface area contributed by atoms with Crippen molar-refractivity contribution in [2.45, 2.75) is 39.7 Å². The molecule has 0 spiro atoms. The summed E-state index contributed by atoms with van der Waals surface area (Å²) in [5, 5.41) is 0. The van der Waals surface area contributed by atoms with Gasteiger partial charge in [-0.3, -0.25) is 4.79 Å². The summed E-state index contributed by atoms with van der Waals surface area (Å²) in [7, 11) is 3.48. The third kappa shape index (κ3) is 5.97. The van der Waals surface area contributed by atoms with E-state index in [-0.39, 0.29) is 5.97 Å². The standard InChI is InChI=1S/C11H23NO2/c1-9(2)8-10(3)12(4)7-6-11(13)14-5/h9-10H,6-8H2,1-5H3. The topological polar surface area (TPSA) is 29.5 Å².